The Balaban J connectivity index is 1.35. The highest BCUT2D eigenvalue weighted by atomic mass is 16.5. The predicted molar refractivity (Wildman–Crippen MR) is 158 cm³/mol. The van der Waals surface area contributed by atoms with Gasteiger partial charge in [0.15, 0.2) is 0 Å². The number of carbonyl (C=O) groups excluding carboxylic acids is 2. The summed E-state index contributed by atoms with van der Waals surface area (Å²) >= 11 is 0. The molecule has 0 unspecified atom stereocenters. The number of rotatable bonds is 13. The Morgan fingerprint density at radius 1 is 0.900 bits per heavy atom. The number of nitrogens with zero attached hydrogens (tertiary/aromatic N) is 1. The van der Waals surface area contributed by atoms with Crippen LogP contribution in [-0.2, 0) is 29.0 Å². The van der Waals surface area contributed by atoms with Crippen LogP contribution in [0.4, 0.5) is 0 Å². The second-order valence-electron chi connectivity index (χ2n) is 10.3. The Labute approximate surface area is 233 Å². The van der Waals surface area contributed by atoms with Crippen LogP contribution in [0.3, 0.4) is 0 Å². The molecule has 0 aliphatic rings. The van der Waals surface area contributed by atoms with E-state index in [4.69, 9.17) is 16.2 Å². The molecule has 0 atom stereocenters. The van der Waals surface area contributed by atoms with Crippen molar-refractivity contribution in [2.75, 3.05) is 0 Å². The van der Waals surface area contributed by atoms with Gasteiger partial charge in [-0.1, -0.05) is 37.1 Å². The molecule has 206 valence electrons. The van der Waals surface area contributed by atoms with Crippen molar-refractivity contribution < 1.29 is 14.3 Å². The van der Waals surface area contributed by atoms with Crippen molar-refractivity contribution in [3.05, 3.63) is 83.4 Å². The molecule has 0 radical (unpaired) electrons. The first-order valence-electron chi connectivity index (χ1n) is 13.7. The lowest BCUT2D eigenvalue weighted by atomic mass is 9.99. The molecule has 0 spiro atoms. The van der Waals surface area contributed by atoms with Gasteiger partial charge in [-0.15, -0.1) is 0 Å². The summed E-state index contributed by atoms with van der Waals surface area (Å²) in [5, 5.41) is 3.23. The number of aryl methyl sites for hydroxylation is 2. The Morgan fingerprint density at radius 2 is 1.68 bits per heavy atom. The number of benzene rings is 3. The number of imidazole rings is 1. The highest BCUT2D eigenvalue weighted by molar-refractivity contribution is 5.91. The van der Waals surface area contributed by atoms with E-state index < -0.39 is 0 Å². The summed E-state index contributed by atoms with van der Waals surface area (Å²) in [6.45, 7) is 2.32. The van der Waals surface area contributed by atoms with Gasteiger partial charge in [0, 0.05) is 35.0 Å². The van der Waals surface area contributed by atoms with Gasteiger partial charge in [-0.2, -0.15) is 0 Å². The molecule has 0 bridgehead atoms. The lowest BCUT2D eigenvalue weighted by Crippen LogP contribution is -2.14. The van der Waals surface area contributed by atoms with Crippen molar-refractivity contribution in [1.29, 1.82) is 0 Å². The number of H-pyrrole nitrogens is 2. The molecule has 5 rings (SSSR count). The molecule has 0 saturated carbocycles. The van der Waals surface area contributed by atoms with E-state index >= 15 is 0 Å². The van der Waals surface area contributed by atoms with Gasteiger partial charge in [0.2, 0.25) is 11.8 Å². The Hall–Kier alpha value is -4.59. The van der Waals surface area contributed by atoms with Crippen molar-refractivity contribution in [3.8, 4) is 17.0 Å². The van der Waals surface area contributed by atoms with Crippen molar-refractivity contribution in [3.63, 3.8) is 0 Å². The van der Waals surface area contributed by atoms with Gasteiger partial charge in [0.05, 0.1) is 18.3 Å². The lowest BCUT2D eigenvalue weighted by molar-refractivity contribution is -0.118. The molecule has 2 aromatic heterocycles. The molecule has 5 aromatic rings. The monoisotopic (exact) mass is 537 g/mol. The van der Waals surface area contributed by atoms with Crippen LogP contribution in [0, 0.1) is 6.92 Å². The molecule has 0 aliphatic heterocycles. The maximum absolute atomic E-state index is 11.6. The first kappa shape index (κ1) is 27.0. The van der Waals surface area contributed by atoms with Gasteiger partial charge in [0.1, 0.15) is 18.2 Å². The number of fused-ring (bicyclic) bond motifs is 2. The van der Waals surface area contributed by atoms with Gasteiger partial charge in [-0.25, -0.2) is 4.98 Å². The maximum Gasteiger partial charge on any atom is 0.221 e. The zero-order chi connectivity index (χ0) is 28.1. The van der Waals surface area contributed by atoms with Crippen LogP contribution in [0.2, 0.25) is 0 Å². The number of aromatic amines is 2. The fraction of sp³-hybridized carbons (Fsp3) is 0.281. The second-order valence-corrected chi connectivity index (χ2v) is 10.3. The number of nitrogens with two attached hydrogens (primary N) is 2. The smallest absolute Gasteiger partial charge is 0.221 e. The highest BCUT2D eigenvalue weighted by Gasteiger charge is 2.14. The van der Waals surface area contributed by atoms with E-state index in [-0.39, 0.29) is 18.2 Å². The molecule has 3 aromatic carbocycles. The zero-order valence-electron chi connectivity index (χ0n) is 22.8. The normalized spacial score (nSPS) is 11.3. The summed E-state index contributed by atoms with van der Waals surface area (Å²) in [4.78, 5) is 34.0. The van der Waals surface area contributed by atoms with E-state index in [1.54, 1.807) is 0 Å². The second kappa shape index (κ2) is 12.1. The van der Waals surface area contributed by atoms with Crippen molar-refractivity contribution in [2.45, 2.75) is 58.5 Å². The highest BCUT2D eigenvalue weighted by Crippen LogP contribution is 2.31. The van der Waals surface area contributed by atoms with Crippen LogP contribution in [0.1, 0.15) is 54.7 Å². The van der Waals surface area contributed by atoms with Crippen LogP contribution in [-0.4, -0.2) is 26.8 Å². The number of amides is 2. The molecule has 0 aliphatic carbocycles. The number of aromatic nitrogens is 3. The van der Waals surface area contributed by atoms with Crippen molar-refractivity contribution in [2.24, 2.45) is 11.5 Å². The van der Waals surface area contributed by atoms with Crippen LogP contribution < -0.4 is 16.2 Å². The molecule has 8 heteroatoms. The molecule has 6 N–H and O–H groups in total. The minimum Gasteiger partial charge on any atom is -0.489 e. The van der Waals surface area contributed by atoms with E-state index in [1.807, 2.05) is 43.5 Å². The van der Waals surface area contributed by atoms with Gasteiger partial charge in [-0.3, -0.25) is 9.59 Å². The number of unbranched alkanes of at least 4 members (excludes halogenated alkanes) is 3. The van der Waals surface area contributed by atoms with E-state index in [0.717, 1.165) is 93.4 Å². The summed E-state index contributed by atoms with van der Waals surface area (Å²) in [7, 11) is 0. The summed E-state index contributed by atoms with van der Waals surface area (Å²) in [5.74, 6) is 1.06. The third kappa shape index (κ3) is 6.34. The minimum atomic E-state index is -0.363. The molecule has 2 heterocycles. The predicted octanol–water partition coefficient (Wildman–Crippen LogP) is 5.60. The average molecular weight is 538 g/mol. The Kier molecular flexibility index (Phi) is 8.15. The van der Waals surface area contributed by atoms with Crippen LogP contribution >= 0.6 is 0 Å². The molecule has 8 nitrogen and oxygen atoms in total. The summed E-state index contributed by atoms with van der Waals surface area (Å²) in [6.07, 6.45) is 7.22. The number of ether oxygens (including phenoxy) is 1. The summed E-state index contributed by atoms with van der Waals surface area (Å²) in [6, 6.07) is 18.5. The SMILES string of the molecule is Cc1[nH]c2ccc(OCc3cc4ccccc4cc3-c3cnc(CCCCCCC(N)=O)[nH]3)cc2c1CC(N)=O. The van der Waals surface area contributed by atoms with Gasteiger partial charge >= 0.3 is 0 Å². The molecule has 2 amide bonds. The van der Waals surface area contributed by atoms with Crippen LogP contribution in [0.25, 0.3) is 32.9 Å². The van der Waals surface area contributed by atoms with Gasteiger partial charge < -0.3 is 26.2 Å². The zero-order valence-corrected chi connectivity index (χ0v) is 22.8. The van der Waals surface area contributed by atoms with Gasteiger partial charge in [0.25, 0.3) is 0 Å². The minimum absolute atomic E-state index is 0.180. The summed E-state index contributed by atoms with van der Waals surface area (Å²) in [5.41, 5.74) is 16.5. The van der Waals surface area contributed by atoms with E-state index in [2.05, 4.69) is 39.2 Å². The largest absolute Gasteiger partial charge is 0.489 e. The number of carbonyl (C=O) groups is 2. The van der Waals surface area contributed by atoms with Crippen LogP contribution in [0.15, 0.2) is 60.8 Å². The van der Waals surface area contributed by atoms with E-state index in [0.29, 0.717) is 13.0 Å². The lowest BCUT2D eigenvalue weighted by Gasteiger charge is -2.13. The fourth-order valence-corrected chi connectivity index (χ4v) is 5.24. The molecular formula is C32H35N5O3. The standard InChI is InChI=1S/C32H35N5O3/c1-20-25(17-31(34)39)27-16-24(12-13-28(27)36-20)40-19-23-14-21-8-6-7-9-22(21)15-26(23)29-18-35-32(37-29)11-5-3-2-4-10-30(33)38/h6-9,12-16,18,36H,2-5,10-11,17,19H2,1H3,(H2,33,38)(H2,34,39)(H,35,37). The molecule has 0 saturated heterocycles. The quantitative estimate of drug-likeness (QED) is 0.145. The first-order chi connectivity index (χ1) is 19.4. The summed E-state index contributed by atoms with van der Waals surface area (Å²) < 4.78 is 6.31. The van der Waals surface area contributed by atoms with E-state index in [9.17, 15) is 9.59 Å². The molecule has 0 fully saturated rings. The number of hydrogen-bond acceptors (Lipinski definition) is 4. The van der Waals surface area contributed by atoms with E-state index in [1.165, 1.54) is 0 Å². The fourth-order valence-electron chi connectivity index (χ4n) is 5.24. The third-order valence-corrected chi connectivity index (χ3v) is 7.31. The Morgan fingerprint density at radius 3 is 2.45 bits per heavy atom. The number of primary amides is 2. The van der Waals surface area contributed by atoms with Gasteiger partial charge in [-0.05, 0) is 72.0 Å². The Bertz CT molecular complexity index is 1670. The van der Waals surface area contributed by atoms with Crippen molar-refractivity contribution in [1.82, 2.24) is 15.0 Å². The average Bonchev–Trinajstić information content (AvgIpc) is 3.52. The molecular weight excluding hydrogens is 502 g/mol. The molecule has 40 heavy (non-hydrogen) atoms. The maximum atomic E-state index is 11.6. The van der Waals surface area contributed by atoms with Crippen LogP contribution in [0.5, 0.6) is 5.75 Å². The number of nitrogens with one attached hydrogen (secondary N) is 2. The topological polar surface area (TPSA) is 140 Å². The number of hydrogen-bond donors (Lipinski definition) is 4. The first-order valence-corrected chi connectivity index (χ1v) is 13.7. The third-order valence-electron chi connectivity index (χ3n) is 7.31. The van der Waals surface area contributed by atoms with Crippen molar-refractivity contribution >= 4 is 33.5 Å².